The third kappa shape index (κ3) is 6.40. The summed E-state index contributed by atoms with van der Waals surface area (Å²) in [6.07, 6.45) is 0. The van der Waals surface area contributed by atoms with Crippen molar-refractivity contribution in [3.05, 3.63) is 254 Å². The molecule has 65 heavy (non-hydrogen) atoms. The molecule has 12 rings (SSSR count). The zero-order valence-corrected chi connectivity index (χ0v) is 36.5. The minimum Gasteiger partial charge on any atom is -0.310 e. The minimum atomic E-state index is -0.154. The predicted molar refractivity (Wildman–Crippen MR) is 275 cm³/mol. The molecule has 1 aromatic heterocycles. The average molecular weight is 831 g/mol. The number of fused-ring (bicyclic) bond motifs is 6. The molecule has 0 radical (unpaired) electrons. The van der Waals surface area contributed by atoms with Crippen molar-refractivity contribution < 1.29 is 0 Å². The van der Waals surface area contributed by atoms with Gasteiger partial charge in [0.1, 0.15) is 0 Å². The Bertz CT molecular complexity index is 3510. The zero-order chi connectivity index (χ0) is 43.5. The molecule has 1 aliphatic rings. The summed E-state index contributed by atoms with van der Waals surface area (Å²) in [7, 11) is 0. The molecule has 0 saturated heterocycles. The van der Waals surface area contributed by atoms with Crippen LogP contribution in [0.4, 0.5) is 17.1 Å². The number of rotatable bonds is 8. The van der Waals surface area contributed by atoms with Gasteiger partial charge in [-0.25, -0.2) is 0 Å². The summed E-state index contributed by atoms with van der Waals surface area (Å²) in [5, 5.41) is 2.50. The van der Waals surface area contributed by atoms with Gasteiger partial charge in [0.2, 0.25) is 0 Å². The average Bonchev–Trinajstić information content (AvgIpc) is 3.82. The molecule has 0 fully saturated rings. The van der Waals surface area contributed by atoms with Crippen molar-refractivity contribution in [2.24, 2.45) is 0 Å². The maximum atomic E-state index is 2.48. The fourth-order valence-electron chi connectivity index (χ4n) is 10.5. The summed E-state index contributed by atoms with van der Waals surface area (Å²) in [5.74, 6) is 0. The van der Waals surface area contributed by atoms with Crippen LogP contribution in [0.25, 0.3) is 83.1 Å². The van der Waals surface area contributed by atoms with Crippen molar-refractivity contribution in [3.63, 3.8) is 0 Å². The number of hydrogen-bond acceptors (Lipinski definition) is 1. The number of nitrogens with zero attached hydrogens (tertiary/aromatic N) is 2. The van der Waals surface area contributed by atoms with Crippen molar-refractivity contribution in [1.82, 2.24) is 4.57 Å². The second-order valence-corrected chi connectivity index (χ2v) is 17.7. The molecule has 0 saturated carbocycles. The number of benzene rings is 10. The molecule has 0 spiro atoms. The van der Waals surface area contributed by atoms with Gasteiger partial charge >= 0.3 is 0 Å². The van der Waals surface area contributed by atoms with E-state index in [1.54, 1.807) is 0 Å². The van der Waals surface area contributed by atoms with Gasteiger partial charge < -0.3 is 9.47 Å². The Hall–Kier alpha value is -8.20. The normalized spacial score (nSPS) is 12.6. The van der Waals surface area contributed by atoms with Crippen LogP contribution in [-0.2, 0) is 5.41 Å². The lowest BCUT2D eigenvalue weighted by atomic mass is 9.82. The second-order valence-electron chi connectivity index (χ2n) is 17.7. The summed E-state index contributed by atoms with van der Waals surface area (Å²) in [6.45, 7) is 4.73. The first-order valence-corrected chi connectivity index (χ1v) is 22.6. The Balaban J connectivity index is 1.11. The maximum absolute atomic E-state index is 2.48. The van der Waals surface area contributed by atoms with Crippen LogP contribution in [0, 0.1) is 0 Å². The van der Waals surface area contributed by atoms with Gasteiger partial charge in [0, 0.05) is 38.7 Å². The van der Waals surface area contributed by atoms with Gasteiger partial charge in [-0.15, -0.1) is 0 Å². The highest BCUT2D eigenvalue weighted by atomic mass is 15.1. The first-order valence-electron chi connectivity index (χ1n) is 22.6. The lowest BCUT2D eigenvalue weighted by Crippen LogP contribution is -2.17. The minimum absolute atomic E-state index is 0.154. The fraction of sp³-hybridized carbons (Fsp3) is 0.0476. The monoisotopic (exact) mass is 830 g/mol. The largest absolute Gasteiger partial charge is 0.310 e. The Labute approximate surface area is 381 Å². The molecule has 0 atom stereocenters. The van der Waals surface area contributed by atoms with Gasteiger partial charge in [-0.2, -0.15) is 0 Å². The molecule has 0 N–H and O–H groups in total. The number of anilines is 3. The van der Waals surface area contributed by atoms with Crippen LogP contribution in [0.3, 0.4) is 0 Å². The molecule has 11 aromatic rings. The standard InChI is InChI=1S/C63H46N2/c1-63(2)57-28-14-9-24-51(57)52-40-38-48(42-58(52)63)64(59-29-15-10-23-49(59)45-21-7-4-8-22-45)47-37-39-50(56(41-47)46-35-33-44(34-36-46)43-19-5-3-6-20-43)53-25-11-16-30-60(53)65-61-31-17-12-26-54(61)55-27-13-18-32-62(55)65/h3-42H,1-2H3. The molecular weight excluding hydrogens is 785 g/mol. The predicted octanol–water partition coefficient (Wildman–Crippen LogP) is 17.2. The summed E-state index contributed by atoms with van der Waals surface area (Å²) in [5.41, 5.74) is 21.4. The Morgan fingerprint density at radius 2 is 0.800 bits per heavy atom. The number of para-hydroxylation sites is 4. The van der Waals surface area contributed by atoms with E-state index < -0.39 is 0 Å². The molecule has 308 valence electrons. The zero-order valence-electron chi connectivity index (χ0n) is 36.5. The topological polar surface area (TPSA) is 8.17 Å². The SMILES string of the molecule is CC1(C)c2ccccc2-c2ccc(N(c3ccc(-c4ccccc4-n4c5ccccc5c5ccccc54)c(-c4ccc(-c5ccccc5)cc4)c3)c3ccccc3-c3ccccc3)cc21. The Morgan fingerprint density at radius 3 is 1.51 bits per heavy atom. The van der Waals surface area contributed by atoms with Gasteiger partial charge in [-0.1, -0.05) is 208 Å². The van der Waals surface area contributed by atoms with Crippen LogP contribution >= 0.6 is 0 Å². The lowest BCUT2D eigenvalue weighted by molar-refractivity contribution is 0.660. The fourth-order valence-corrected chi connectivity index (χ4v) is 10.5. The van der Waals surface area contributed by atoms with Gasteiger partial charge in [-0.3, -0.25) is 0 Å². The molecule has 1 heterocycles. The van der Waals surface area contributed by atoms with E-state index in [2.05, 4.69) is 266 Å². The van der Waals surface area contributed by atoms with Gasteiger partial charge in [0.25, 0.3) is 0 Å². The van der Waals surface area contributed by atoms with Gasteiger partial charge in [-0.05, 0) is 104 Å². The summed E-state index contributed by atoms with van der Waals surface area (Å²) in [4.78, 5) is 2.48. The molecule has 0 amide bonds. The molecule has 2 heteroatoms. The Morgan fingerprint density at radius 1 is 0.323 bits per heavy atom. The van der Waals surface area contributed by atoms with E-state index >= 15 is 0 Å². The summed E-state index contributed by atoms with van der Waals surface area (Å²) < 4.78 is 2.45. The van der Waals surface area contributed by atoms with E-state index in [-0.39, 0.29) is 5.41 Å². The maximum Gasteiger partial charge on any atom is 0.0541 e. The van der Waals surface area contributed by atoms with E-state index in [4.69, 9.17) is 0 Å². The number of aromatic nitrogens is 1. The van der Waals surface area contributed by atoms with Gasteiger partial charge in [0.05, 0.1) is 22.4 Å². The Kier molecular flexibility index (Phi) is 9.21. The first kappa shape index (κ1) is 38.5. The molecule has 2 nitrogen and oxygen atoms in total. The van der Waals surface area contributed by atoms with Crippen LogP contribution in [-0.4, -0.2) is 4.57 Å². The highest BCUT2D eigenvalue weighted by molar-refractivity contribution is 6.10. The first-order chi connectivity index (χ1) is 32.0. The van der Waals surface area contributed by atoms with Crippen LogP contribution in [0.5, 0.6) is 0 Å². The van der Waals surface area contributed by atoms with Crippen LogP contribution in [0.1, 0.15) is 25.0 Å². The van der Waals surface area contributed by atoms with E-state index in [0.717, 1.165) is 33.9 Å². The summed E-state index contributed by atoms with van der Waals surface area (Å²) >= 11 is 0. The second kappa shape index (κ2) is 15.6. The molecule has 0 unspecified atom stereocenters. The third-order valence-corrected chi connectivity index (χ3v) is 13.6. The molecular formula is C63H46N2. The van der Waals surface area contributed by atoms with Crippen LogP contribution in [0.15, 0.2) is 243 Å². The third-order valence-electron chi connectivity index (χ3n) is 13.6. The van der Waals surface area contributed by atoms with Crippen molar-refractivity contribution in [2.45, 2.75) is 19.3 Å². The van der Waals surface area contributed by atoms with E-state index in [1.807, 2.05) is 0 Å². The van der Waals surface area contributed by atoms with Gasteiger partial charge in [0.15, 0.2) is 0 Å². The smallest absolute Gasteiger partial charge is 0.0541 e. The van der Waals surface area contributed by atoms with Crippen LogP contribution < -0.4 is 4.90 Å². The molecule has 10 aromatic carbocycles. The lowest BCUT2D eigenvalue weighted by Gasteiger charge is -2.30. The van der Waals surface area contributed by atoms with E-state index in [0.29, 0.717) is 0 Å². The quantitative estimate of drug-likeness (QED) is 0.148. The molecule has 0 bridgehead atoms. The van der Waals surface area contributed by atoms with E-state index in [1.165, 1.54) is 77.4 Å². The molecule has 0 aliphatic heterocycles. The van der Waals surface area contributed by atoms with Crippen molar-refractivity contribution in [2.75, 3.05) is 4.90 Å². The van der Waals surface area contributed by atoms with Crippen LogP contribution in [0.2, 0.25) is 0 Å². The molecule has 1 aliphatic carbocycles. The van der Waals surface area contributed by atoms with Crippen molar-refractivity contribution >= 4 is 38.9 Å². The summed E-state index contributed by atoms with van der Waals surface area (Å²) in [6, 6.07) is 89.0. The van der Waals surface area contributed by atoms with Crippen molar-refractivity contribution in [1.29, 1.82) is 0 Å². The van der Waals surface area contributed by atoms with E-state index in [9.17, 15) is 0 Å². The highest BCUT2D eigenvalue weighted by Crippen LogP contribution is 2.52. The van der Waals surface area contributed by atoms with Crippen molar-refractivity contribution in [3.8, 4) is 61.3 Å². The number of hydrogen-bond donors (Lipinski definition) is 0. The highest BCUT2D eigenvalue weighted by Gasteiger charge is 2.36.